The minimum absolute atomic E-state index is 0.170. The normalized spacial score (nSPS) is 15.5. The SMILES string of the molecule is CCCCCCCCCCCCCCC(O)C(O)C(N)COO. The number of rotatable bonds is 17. The fraction of sp³-hybridized carbons (Fsp3) is 1.00. The molecule has 0 bridgehead atoms. The van der Waals surface area contributed by atoms with Gasteiger partial charge in [-0.05, 0) is 6.42 Å². The summed E-state index contributed by atoms with van der Waals surface area (Å²) in [5.41, 5.74) is 5.57. The molecule has 5 heteroatoms. The van der Waals surface area contributed by atoms with Crippen LogP contribution in [-0.2, 0) is 4.89 Å². The molecular weight excluding hydrogens is 294 g/mol. The largest absolute Gasteiger partial charge is 0.390 e. The van der Waals surface area contributed by atoms with E-state index in [1.807, 2.05) is 0 Å². The monoisotopic (exact) mass is 333 g/mol. The summed E-state index contributed by atoms with van der Waals surface area (Å²) < 4.78 is 0. The first kappa shape index (κ1) is 22.8. The van der Waals surface area contributed by atoms with Crippen LogP contribution in [0.3, 0.4) is 0 Å². The van der Waals surface area contributed by atoms with Gasteiger partial charge in [-0.3, -0.25) is 5.26 Å². The average molecular weight is 334 g/mol. The van der Waals surface area contributed by atoms with Crippen LogP contribution in [0.5, 0.6) is 0 Å². The lowest BCUT2D eigenvalue weighted by Crippen LogP contribution is -2.45. The van der Waals surface area contributed by atoms with Gasteiger partial charge < -0.3 is 15.9 Å². The molecule has 0 aromatic heterocycles. The van der Waals surface area contributed by atoms with Crippen molar-refractivity contribution < 1.29 is 20.4 Å². The highest BCUT2D eigenvalue weighted by atomic mass is 17.1. The maximum atomic E-state index is 9.81. The standard InChI is InChI=1S/C18H39NO4/c1-2-3-4-5-6-7-8-9-10-11-12-13-14-17(20)18(21)16(19)15-23-22/h16-18,20-22H,2-15,19H2,1H3. The third-order valence-electron chi connectivity index (χ3n) is 4.45. The van der Waals surface area contributed by atoms with Gasteiger partial charge in [-0.1, -0.05) is 84.0 Å². The molecule has 0 aliphatic rings. The fourth-order valence-electron chi connectivity index (χ4n) is 2.84. The quantitative estimate of drug-likeness (QED) is 0.185. The number of aliphatic hydroxyl groups excluding tert-OH is 2. The lowest BCUT2D eigenvalue weighted by Gasteiger charge is -2.22. The molecule has 0 heterocycles. The van der Waals surface area contributed by atoms with Crippen molar-refractivity contribution >= 4 is 0 Å². The van der Waals surface area contributed by atoms with E-state index in [0.717, 1.165) is 12.8 Å². The number of unbranched alkanes of at least 4 members (excludes halogenated alkanes) is 11. The smallest absolute Gasteiger partial charge is 0.0996 e. The minimum atomic E-state index is -1.05. The number of hydrogen-bond donors (Lipinski definition) is 4. The molecule has 3 unspecified atom stereocenters. The van der Waals surface area contributed by atoms with Crippen molar-refractivity contribution in [2.24, 2.45) is 5.73 Å². The molecule has 0 aromatic carbocycles. The van der Waals surface area contributed by atoms with E-state index in [2.05, 4.69) is 11.8 Å². The van der Waals surface area contributed by atoms with Gasteiger partial charge in [-0.25, -0.2) is 4.89 Å². The molecule has 140 valence electrons. The van der Waals surface area contributed by atoms with Gasteiger partial charge >= 0.3 is 0 Å². The lowest BCUT2D eigenvalue weighted by atomic mass is 10.00. The highest BCUT2D eigenvalue weighted by Gasteiger charge is 2.23. The van der Waals surface area contributed by atoms with Crippen LogP contribution in [-0.4, -0.2) is 40.3 Å². The van der Waals surface area contributed by atoms with E-state index in [1.54, 1.807) is 0 Å². The van der Waals surface area contributed by atoms with Gasteiger partial charge in [0.15, 0.2) is 0 Å². The van der Waals surface area contributed by atoms with Crippen LogP contribution in [0.2, 0.25) is 0 Å². The predicted octanol–water partition coefficient (Wildman–Crippen LogP) is 3.62. The maximum Gasteiger partial charge on any atom is 0.0996 e. The van der Waals surface area contributed by atoms with E-state index in [1.165, 1.54) is 64.2 Å². The van der Waals surface area contributed by atoms with Gasteiger partial charge in [0, 0.05) is 0 Å². The van der Waals surface area contributed by atoms with Gasteiger partial charge in [0.2, 0.25) is 0 Å². The first-order chi connectivity index (χ1) is 11.1. The second-order valence-corrected chi connectivity index (χ2v) is 6.70. The third-order valence-corrected chi connectivity index (χ3v) is 4.45. The summed E-state index contributed by atoms with van der Waals surface area (Å²) in [6.07, 6.45) is 13.9. The van der Waals surface area contributed by atoms with E-state index < -0.39 is 18.2 Å². The molecule has 0 spiro atoms. The van der Waals surface area contributed by atoms with Crippen LogP contribution in [0, 0.1) is 0 Å². The first-order valence-corrected chi connectivity index (χ1v) is 9.51. The molecule has 5 nitrogen and oxygen atoms in total. The summed E-state index contributed by atoms with van der Waals surface area (Å²) in [5.74, 6) is 0. The molecule has 23 heavy (non-hydrogen) atoms. The number of aliphatic hydroxyl groups is 2. The average Bonchev–Trinajstić information content (AvgIpc) is 2.55. The van der Waals surface area contributed by atoms with Gasteiger partial charge in [0.05, 0.1) is 24.9 Å². The molecule has 0 aliphatic carbocycles. The summed E-state index contributed by atoms with van der Waals surface area (Å²) in [6.45, 7) is 2.08. The third kappa shape index (κ3) is 13.9. The van der Waals surface area contributed by atoms with Gasteiger partial charge in [-0.15, -0.1) is 0 Å². The van der Waals surface area contributed by atoms with Crippen LogP contribution in [0.15, 0.2) is 0 Å². The zero-order valence-corrected chi connectivity index (χ0v) is 15.0. The van der Waals surface area contributed by atoms with Crippen LogP contribution in [0.1, 0.15) is 90.4 Å². The highest BCUT2D eigenvalue weighted by molar-refractivity contribution is 4.78. The van der Waals surface area contributed by atoms with Gasteiger partial charge in [0.1, 0.15) is 0 Å². The molecule has 0 radical (unpaired) electrons. The van der Waals surface area contributed by atoms with E-state index in [-0.39, 0.29) is 6.61 Å². The molecular formula is C18H39NO4. The number of hydrogen-bond acceptors (Lipinski definition) is 5. The molecule has 5 N–H and O–H groups in total. The Bertz CT molecular complexity index is 241. The topological polar surface area (TPSA) is 95.9 Å². The summed E-state index contributed by atoms with van der Waals surface area (Å²) in [5, 5.41) is 27.8. The van der Waals surface area contributed by atoms with Crippen LogP contribution in [0.4, 0.5) is 0 Å². The van der Waals surface area contributed by atoms with Crippen molar-refractivity contribution in [3.05, 3.63) is 0 Å². The second-order valence-electron chi connectivity index (χ2n) is 6.70. The van der Waals surface area contributed by atoms with E-state index >= 15 is 0 Å². The Morgan fingerprint density at radius 2 is 1.22 bits per heavy atom. The second kappa shape index (κ2) is 16.7. The molecule has 0 saturated heterocycles. The number of nitrogens with two attached hydrogens (primary N) is 1. The van der Waals surface area contributed by atoms with Crippen molar-refractivity contribution in [3.8, 4) is 0 Å². The van der Waals surface area contributed by atoms with E-state index in [9.17, 15) is 10.2 Å². The molecule has 0 rings (SSSR count). The molecule has 0 aromatic rings. The summed E-state index contributed by atoms with van der Waals surface area (Å²) >= 11 is 0. The summed E-state index contributed by atoms with van der Waals surface area (Å²) in [7, 11) is 0. The first-order valence-electron chi connectivity index (χ1n) is 9.51. The molecule has 0 amide bonds. The predicted molar refractivity (Wildman–Crippen MR) is 94.3 cm³/mol. The Balaban J connectivity index is 3.32. The highest BCUT2D eigenvalue weighted by Crippen LogP contribution is 2.14. The Kier molecular flexibility index (Phi) is 16.5. The molecule has 0 saturated carbocycles. The van der Waals surface area contributed by atoms with Crippen LogP contribution >= 0.6 is 0 Å². The Labute approximate surface area is 142 Å². The van der Waals surface area contributed by atoms with Gasteiger partial charge in [0.25, 0.3) is 0 Å². The van der Waals surface area contributed by atoms with Crippen molar-refractivity contribution in [1.82, 2.24) is 0 Å². The van der Waals surface area contributed by atoms with Crippen molar-refractivity contribution in [1.29, 1.82) is 0 Å². The van der Waals surface area contributed by atoms with Crippen LogP contribution in [0.25, 0.3) is 0 Å². The minimum Gasteiger partial charge on any atom is -0.390 e. The molecule has 0 aliphatic heterocycles. The van der Waals surface area contributed by atoms with Crippen molar-refractivity contribution in [3.63, 3.8) is 0 Å². The van der Waals surface area contributed by atoms with Crippen molar-refractivity contribution in [2.45, 2.75) is 109 Å². The summed E-state index contributed by atoms with van der Waals surface area (Å²) in [6, 6.07) is -0.757. The van der Waals surface area contributed by atoms with E-state index in [0.29, 0.717) is 6.42 Å². The van der Waals surface area contributed by atoms with Crippen LogP contribution < -0.4 is 5.73 Å². The molecule has 3 atom stereocenters. The Morgan fingerprint density at radius 1 is 0.783 bits per heavy atom. The van der Waals surface area contributed by atoms with Crippen molar-refractivity contribution in [2.75, 3.05) is 6.61 Å². The van der Waals surface area contributed by atoms with E-state index in [4.69, 9.17) is 11.0 Å². The Morgan fingerprint density at radius 3 is 1.65 bits per heavy atom. The molecule has 0 fully saturated rings. The zero-order valence-electron chi connectivity index (χ0n) is 15.0. The summed E-state index contributed by atoms with van der Waals surface area (Å²) in [4.78, 5) is 3.90. The van der Waals surface area contributed by atoms with Gasteiger partial charge in [-0.2, -0.15) is 0 Å². The maximum absolute atomic E-state index is 9.81. The Hall–Kier alpha value is -0.200. The zero-order chi connectivity index (χ0) is 17.3. The lowest BCUT2D eigenvalue weighted by molar-refractivity contribution is -0.250. The fourth-order valence-corrected chi connectivity index (χ4v) is 2.84.